The van der Waals surface area contributed by atoms with Gasteiger partial charge in [0.15, 0.2) is 5.57 Å². The summed E-state index contributed by atoms with van der Waals surface area (Å²) < 4.78 is 12.9. The predicted molar refractivity (Wildman–Crippen MR) is 88.5 cm³/mol. The van der Waals surface area contributed by atoms with E-state index in [1.165, 1.54) is 12.1 Å². The molecule has 0 atom stereocenters. The number of aliphatic hydroxyl groups excluding tert-OH is 1. The number of rotatable bonds is 4. The number of aliphatic hydroxyl groups is 1. The van der Waals surface area contributed by atoms with Crippen LogP contribution in [0.25, 0.3) is 11.1 Å². The molecule has 2 aromatic rings. The van der Waals surface area contributed by atoms with Gasteiger partial charge in [-0.05, 0) is 48.2 Å². The van der Waals surface area contributed by atoms with Crippen molar-refractivity contribution >= 4 is 11.6 Å². The molecule has 1 aliphatic rings. The fraction of sp³-hybridized carbons (Fsp3) is 0.158. The number of hydrogen-bond donors (Lipinski definition) is 2. The number of halogens is 1. The van der Waals surface area contributed by atoms with Crippen LogP contribution in [0.3, 0.4) is 0 Å². The number of carbonyl (C=O) groups is 1. The Bertz CT molecular complexity index is 829. The van der Waals surface area contributed by atoms with Crippen LogP contribution < -0.4 is 5.32 Å². The molecule has 24 heavy (non-hydrogen) atoms. The van der Waals surface area contributed by atoms with E-state index in [0.29, 0.717) is 5.69 Å². The summed E-state index contributed by atoms with van der Waals surface area (Å²) in [6, 6.07) is 14.9. The van der Waals surface area contributed by atoms with E-state index in [0.717, 1.165) is 24.0 Å². The van der Waals surface area contributed by atoms with E-state index in [1.54, 1.807) is 42.5 Å². The van der Waals surface area contributed by atoms with Crippen LogP contribution in [-0.4, -0.2) is 11.0 Å². The second-order valence-corrected chi connectivity index (χ2v) is 5.68. The van der Waals surface area contributed by atoms with Crippen LogP contribution in [0.15, 0.2) is 59.9 Å². The van der Waals surface area contributed by atoms with Crippen LogP contribution in [0.4, 0.5) is 10.1 Å². The van der Waals surface area contributed by atoms with Crippen molar-refractivity contribution < 1.29 is 14.3 Å². The zero-order valence-corrected chi connectivity index (χ0v) is 12.8. The third-order valence-corrected chi connectivity index (χ3v) is 3.88. The number of carbonyl (C=O) groups excluding carboxylic acids is 1. The van der Waals surface area contributed by atoms with Crippen molar-refractivity contribution in [3.05, 3.63) is 65.7 Å². The number of allylic oxidation sites excluding steroid dienone is 1. The molecular formula is C19H15FN2O2. The van der Waals surface area contributed by atoms with Crippen molar-refractivity contribution in [3.63, 3.8) is 0 Å². The molecule has 0 aliphatic heterocycles. The van der Waals surface area contributed by atoms with Crippen LogP contribution in [0.1, 0.15) is 12.8 Å². The standard InChI is InChI=1S/C19H15FN2O2/c20-15-7-3-12(4-8-15)13-5-9-16(10-6-13)22-19(24)17(11-21)18(23)14-1-2-14/h3-10,14,23H,1-2H2,(H,22,24). The number of benzene rings is 2. The van der Waals surface area contributed by atoms with Crippen LogP contribution in [0.2, 0.25) is 0 Å². The molecule has 3 rings (SSSR count). The Balaban J connectivity index is 1.74. The summed E-state index contributed by atoms with van der Waals surface area (Å²) in [6.45, 7) is 0. The van der Waals surface area contributed by atoms with Gasteiger partial charge in [-0.15, -0.1) is 0 Å². The lowest BCUT2D eigenvalue weighted by Crippen LogP contribution is -2.15. The third kappa shape index (κ3) is 3.44. The minimum atomic E-state index is -0.614. The van der Waals surface area contributed by atoms with Gasteiger partial charge in [-0.2, -0.15) is 5.26 Å². The predicted octanol–water partition coefficient (Wildman–Crippen LogP) is 4.18. The molecule has 1 aliphatic carbocycles. The fourth-order valence-electron chi connectivity index (χ4n) is 2.37. The summed E-state index contributed by atoms with van der Waals surface area (Å²) in [5, 5.41) is 21.6. The van der Waals surface area contributed by atoms with E-state index in [-0.39, 0.29) is 23.1 Å². The van der Waals surface area contributed by atoms with E-state index in [9.17, 15) is 14.3 Å². The van der Waals surface area contributed by atoms with Gasteiger partial charge in [0.25, 0.3) is 5.91 Å². The first-order valence-electron chi connectivity index (χ1n) is 7.59. The molecule has 5 heteroatoms. The molecule has 0 saturated heterocycles. The Morgan fingerprint density at radius 2 is 1.62 bits per heavy atom. The van der Waals surface area contributed by atoms with Gasteiger partial charge < -0.3 is 10.4 Å². The topological polar surface area (TPSA) is 73.1 Å². The Labute approximate surface area is 138 Å². The van der Waals surface area contributed by atoms with E-state index in [4.69, 9.17) is 5.26 Å². The Hall–Kier alpha value is -3.13. The number of anilines is 1. The average Bonchev–Trinajstić information content (AvgIpc) is 3.42. The molecule has 0 radical (unpaired) electrons. The lowest BCUT2D eigenvalue weighted by molar-refractivity contribution is -0.112. The molecule has 4 nitrogen and oxygen atoms in total. The average molecular weight is 322 g/mol. The third-order valence-electron chi connectivity index (χ3n) is 3.88. The van der Waals surface area contributed by atoms with E-state index in [2.05, 4.69) is 5.32 Å². The smallest absolute Gasteiger partial charge is 0.269 e. The van der Waals surface area contributed by atoms with Gasteiger partial charge in [0, 0.05) is 11.6 Å². The van der Waals surface area contributed by atoms with Gasteiger partial charge in [-0.1, -0.05) is 24.3 Å². The molecule has 1 saturated carbocycles. The maximum absolute atomic E-state index is 12.9. The van der Waals surface area contributed by atoms with Gasteiger partial charge in [-0.3, -0.25) is 4.79 Å². The number of amides is 1. The summed E-state index contributed by atoms with van der Waals surface area (Å²) in [7, 11) is 0. The van der Waals surface area contributed by atoms with Crippen molar-refractivity contribution in [1.29, 1.82) is 5.26 Å². The second-order valence-electron chi connectivity index (χ2n) is 5.68. The molecule has 0 heterocycles. The van der Waals surface area contributed by atoms with Gasteiger partial charge in [0.05, 0.1) is 0 Å². The van der Waals surface area contributed by atoms with Crippen LogP contribution in [-0.2, 0) is 4.79 Å². The van der Waals surface area contributed by atoms with E-state index >= 15 is 0 Å². The number of hydrogen-bond acceptors (Lipinski definition) is 3. The number of nitrogens with one attached hydrogen (secondary N) is 1. The van der Waals surface area contributed by atoms with Gasteiger partial charge in [0.2, 0.25) is 0 Å². The van der Waals surface area contributed by atoms with Crippen LogP contribution in [0, 0.1) is 23.1 Å². The second kappa shape index (κ2) is 6.55. The lowest BCUT2D eigenvalue weighted by atomic mass is 10.1. The normalized spacial score (nSPS) is 14.5. The maximum atomic E-state index is 12.9. The summed E-state index contributed by atoms with van der Waals surface area (Å²) >= 11 is 0. The highest BCUT2D eigenvalue weighted by Crippen LogP contribution is 2.36. The quantitative estimate of drug-likeness (QED) is 0.504. The van der Waals surface area contributed by atoms with Gasteiger partial charge in [-0.25, -0.2) is 4.39 Å². The molecule has 1 amide bonds. The first kappa shape index (κ1) is 15.8. The largest absolute Gasteiger partial charge is 0.510 e. The molecule has 2 N–H and O–H groups in total. The fourth-order valence-corrected chi connectivity index (χ4v) is 2.37. The molecular weight excluding hydrogens is 307 g/mol. The lowest BCUT2D eigenvalue weighted by Gasteiger charge is -2.07. The van der Waals surface area contributed by atoms with Crippen molar-refractivity contribution in [2.24, 2.45) is 5.92 Å². The van der Waals surface area contributed by atoms with E-state index < -0.39 is 5.91 Å². The first-order chi connectivity index (χ1) is 11.6. The summed E-state index contributed by atoms with van der Waals surface area (Å²) in [5.74, 6) is -1.10. The Morgan fingerprint density at radius 1 is 1.08 bits per heavy atom. The van der Waals surface area contributed by atoms with Crippen molar-refractivity contribution in [2.75, 3.05) is 5.32 Å². The summed E-state index contributed by atoms with van der Waals surface area (Å²) in [4.78, 5) is 12.1. The highest BCUT2D eigenvalue weighted by atomic mass is 19.1. The first-order valence-corrected chi connectivity index (χ1v) is 7.59. The van der Waals surface area contributed by atoms with E-state index in [1.807, 2.05) is 0 Å². The van der Waals surface area contributed by atoms with Crippen LogP contribution in [0.5, 0.6) is 0 Å². The maximum Gasteiger partial charge on any atom is 0.269 e. The zero-order valence-electron chi connectivity index (χ0n) is 12.8. The molecule has 0 bridgehead atoms. The summed E-state index contributed by atoms with van der Waals surface area (Å²) in [5.41, 5.74) is 2.02. The highest BCUT2D eigenvalue weighted by Gasteiger charge is 2.30. The van der Waals surface area contributed by atoms with Crippen LogP contribution >= 0.6 is 0 Å². The Morgan fingerprint density at radius 3 is 2.12 bits per heavy atom. The molecule has 0 spiro atoms. The zero-order chi connectivity index (χ0) is 17.1. The number of nitriles is 1. The van der Waals surface area contributed by atoms with Gasteiger partial charge >= 0.3 is 0 Å². The molecule has 2 aromatic carbocycles. The SMILES string of the molecule is N#CC(C(=O)Nc1ccc(-c2ccc(F)cc2)cc1)=C(O)C1CC1. The number of nitrogens with zero attached hydrogens (tertiary/aromatic N) is 1. The minimum absolute atomic E-state index is 0.0637. The molecule has 120 valence electrons. The van der Waals surface area contributed by atoms with Crippen molar-refractivity contribution in [2.45, 2.75) is 12.8 Å². The molecule has 1 fully saturated rings. The van der Waals surface area contributed by atoms with Gasteiger partial charge in [0.1, 0.15) is 17.6 Å². The Kier molecular flexibility index (Phi) is 4.30. The highest BCUT2D eigenvalue weighted by molar-refractivity contribution is 6.07. The van der Waals surface area contributed by atoms with Crippen molar-refractivity contribution in [1.82, 2.24) is 0 Å². The van der Waals surface area contributed by atoms with Crippen molar-refractivity contribution in [3.8, 4) is 17.2 Å². The molecule has 0 aromatic heterocycles. The monoisotopic (exact) mass is 322 g/mol. The molecule has 0 unspecified atom stereocenters. The summed E-state index contributed by atoms with van der Waals surface area (Å²) in [6.07, 6.45) is 1.60. The minimum Gasteiger partial charge on any atom is -0.510 e.